The van der Waals surface area contributed by atoms with E-state index in [1.807, 2.05) is 102 Å². The number of esters is 2. The van der Waals surface area contributed by atoms with Crippen molar-refractivity contribution in [3.63, 3.8) is 0 Å². The van der Waals surface area contributed by atoms with E-state index in [4.69, 9.17) is 15.2 Å². The average molecular weight is 759 g/mol. The number of anilines is 2. The van der Waals surface area contributed by atoms with Gasteiger partial charge in [0, 0.05) is 40.8 Å². The molecular weight excluding hydrogens is 706 g/mol. The van der Waals surface area contributed by atoms with Crippen molar-refractivity contribution in [2.75, 3.05) is 43.5 Å². The summed E-state index contributed by atoms with van der Waals surface area (Å²) in [5, 5.41) is 0. The number of nitrogens with two attached hydrogens (primary N) is 1. The maximum absolute atomic E-state index is 13.0. The van der Waals surface area contributed by atoms with Crippen LogP contribution in [0.25, 0.3) is 0 Å². The molecule has 9 heteroatoms. The number of ketones is 1. The molecule has 0 aromatic heterocycles. The number of hydrogen-bond donors (Lipinski definition) is 1. The molecule has 1 aliphatic rings. The summed E-state index contributed by atoms with van der Waals surface area (Å²) in [6, 6.07) is 32.6. The molecule has 0 amide bonds. The Bertz CT molecular complexity index is 1610. The van der Waals surface area contributed by atoms with E-state index in [0.29, 0.717) is 41.4 Å². The van der Waals surface area contributed by atoms with Crippen LogP contribution in [0.5, 0.6) is 0 Å². The van der Waals surface area contributed by atoms with Crippen LogP contribution in [0.2, 0.25) is 0 Å². The van der Waals surface area contributed by atoms with Crippen LogP contribution < -0.4 is 10.6 Å². The monoisotopic (exact) mass is 757 g/mol. The van der Waals surface area contributed by atoms with Crippen LogP contribution in [0.4, 0.5) is 11.4 Å². The van der Waals surface area contributed by atoms with Gasteiger partial charge in [0.05, 0.1) is 24.3 Å². The van der Waals surface area contributed by atoms with Crippen molar-refractivity contribution >= 4 is 45.0 Å². The predicted octanol–water partition coefficient (Wildman–Crippen LogP) is 8.97. The Kier molecular flexibility index (Phi) is 17.4. The van der Waals surface area contributed by atoms with Crippen LogP contribution in [0.3, 0.4) is 0 Å². The van der Waals surface area contributed by atoms with Gasteiger partial charge in [-0.25, -0.2) is 4.79 Å². The Labute approximate surface area is 312 Å². The Morgan fingerprint density at radius 1 is 0.765 bits per heavy atom. The Morgan fingerprint density at radius 3 is 1.82 bits per heavy atom. The van der Waals surface area contributed by atoms with Crippen LogP contribution in [0.15, 0.2) is 108 Å². The van der Waals surface area contributed by atoms with Gasteiger partial charge in [-0.1, -0.05) is 112 Å². The number of hydrogen-bond acceptors (Lipinski definition) is 8. The summed E-state index contributed by atoms with van der Waals surface area (Å²) in [4.78, 5) is 40.4. The topological polar surface area (TPSA) is 102 Å². The molecular formula is C42H52BrN3O5. The first-order valence-corrected chi connectivity index (χ1v) is 18.1. The SMILES string of the molecule is C.CCN(Cc1cc(C(=O)OCCN(CCOC(C)=O)c2ccccc2)cc(Br)c1N)C1CCCCC1.O=C(c1ccccc1)c1ccccc1. The zero-order chi connectivity index (χ0) is 35.7. The molecule has 4 aromatic carbocycles. The van der Waals surface area contributed by atoms with E-state index in [-0.39, 0.29) is 38.4 Å². The highest BCUT2D eigenvalue weighted by molar-refractivity contribution is 9.10. The maximum Gasteiger partial charge on any atom is 0.338 e. The minimum absolute atomic E-state index is 0. The molecule has 51 heavy (non-hydrogen) atoms. The molecule has 0 radical (unpaired) electrons. The van der Waals surface area contributed by atoms with Crippen molar-refractivity contribution in [1.82, 2.24) is 4.90 Å². The van der Waals surface area contributed by atoms with Crippen LogP contribution in [0, 0.1) is 0 Å². The van der Waals surface area contributed by atoms with E-state index in [2.05, 4.69) is 27.8 Å². The Morgan fingerprint density at radius 2 is 1.29 bits per heavy atom. The van der Waals surface area contributed by atoms with Gasteiger partial charge in [0.1, 0.15) is 13.2 Å². The van der Waals surface area contributed by atoms with Crippen LogP contribution in [-0.2, 0) is 20.8 Å². The molecule has 1 saturated carbocycles. The fourth-order valence-corrected chi connectivity index (χ4v) is 6.57. The zero-order valence-electron chi connectivity index (χ0n) is 29.1. The first-order chi connectivity index (χ1) is 24.3. The van der Waals surface area contributed by atoms with E-state index in [9.17, 15) is 14.4 Å². The number of nitrogens with zero attached hydrogens (tertiary/aromatic N) is 2. The Hall–Kier alpha value is -4.47. The predicted molar refractivity (Wildman–Crippen MR) is 210 cm³/mol. The van der Waals surface area contributed by atoms with Crippen molar-refractivity contribution in [2.45, 2.75) is 66.0 Å². The molecule has 8 nitrogen and oxygen atoms in total. The summed E-state index contributed by atoms with van der Waals surface area (Å²) in [5.74, 6) is -0.624. The minimum atomic E-state index is -0.384. The molecule has 0 heterocycles. The van der Waals surface area contributed by atoms with Crippen molar-refractivity contribution < 1.29 is 23.9 Å². The average Bonchev–Trinajstić information content (AvgIpc) is 3.16. The molecule has 0 unspecified atom stereocenters. The van der Waals surface area contributed by atoms with Gasteiger partial charge in [-0.2, -0.15) is 0 Å². The highest BCUT2D eigenvalue weighted by Gasteiger charge is 2.22. The smallest absolute Gasteiger partial charge is 0.338 e. The van der Waals surface area contributed by atoms with Gasteiger partial charge >= 0.3 is 11.9 Å². The van der Waals surface area contributed by atoms with Crippen molar-refractivity contribution in [2.24, 2.45) is 0 Å². The third-order valence-electron chi connectivity index (χ3n) is 8.78. The normalized spacial score (nSPS) is 12.5. The molecule has 1 aliphatic carbocycles. The lowest BCUT2D eigenvalue weighted by Gasteiger charge is -2.34. The standard InChI is InChI=1S/C28H38BrN3O4.C13H10O.CH4/c1-3-31(24-10-6-4-7-11-24)20-23-18-22(19-26(29)27(23)30)28(34)36-17-15-32(14-16-35-21(2)33)25-12-8-5-9-13-25;14-13(11-7-3-1-4-8-11)12-9-5-2-6-10-12;/h5,8-9,12-13,18-19,24H,3-4,6-7,10-11,14-17,20,30H2,1-2H3;1-10H;1H4. The fraction of sp³-hybridized carbons (Fsp3) is 0.357. The maximum atomic E-state index is 13.0. The molecule has 4 aromatic rings. The molecule has 1 fully saturated rings. The van der Waals surface area contributed by atoms with E-state index in [1.165, 1.54) is 39.0 Å². The second-order valence-electron chi connectivity index (χ2n) is 12.2. The van der Waals surface area contributed by atoms with E-state index >= 15 is 0 Å². The van der Waals surface area contributed by atoms with Gasteiger partial charge in [-0.3, -0.25) is 14.5 Å². The summed E-state index contributed by atoms with van der Waals surface area (Å²) in [7, 11) is 0. The van der Waals surface area contributed by atoms with Gasteiger partial charge in [0.15, 0.2) is 5.78 Å². The van der Waals surface area contributed by atoms with Gasteiger partial charge in [0.2, 0.25) is 0 Å². The number of nitrogen functional groups attached to an aromatic ring is 1. The first kappa shape index (κ1) is 41.0. The second-order valence-corrected chi connectivity index (χ2v) is 13.1. The summed E-state index contributed by atoms with van der Waals surface area (Å²) < 4.78 is 11.5. The molecule has 0 bridgehead atoms. The third kappa shape index (κ3) is 13.0. The molecule has 2 N–H and O–H groups in total. The van der Waals surface area contributed by atoms with Crippen molar-refractivity contribution in [3.05, 3.63) is 130 Å². The third-order valence-corrected chi connectivity index (χ3v) is 9.43. The zero-order valence-corrected chi connectivity index (χ0v) is 30.6. The number of halogens is 1. The molecule has 0 saturated heterocycles. The molecule has 0 atom stereocenters. The van der Waals surface area contributed by atoms with Gasteiger partial charge < -0.3 is 20.1 Å². The quantitative estimate of drug-likeness (QED) is 0.0773. The first-order valence-electron chi connectivity index (χ1n) is 17.3. The lowest BCUT2D eigenvalue weighted by molar-refractivity contribution is -0.140. The minimum Gasteiger partial charge on any atom is -0.464 e. The lowest BCUT2D eigenvalue weighted by atomic mass is 9.93. The van der Waals surface area contributed by atoms with Crippen molar-refractivity contribution in [3.8, 4) is 0 Å². The highest BCUT2D eigenvalue weighted by Crippen LogP contribution is 2.30. The van der Waals surface area contributed by atoms with Crippen LogP contribution >= 0.6 is 15.9 Å². The highest BCUT2D eigenvalue weighted by atomic mass is 79.9. The number of benzene rings is 4. The number of rotatable bonds is 14. The number of ether oxygens (including phenoxy) is 2. The van der Waals surface area contributed by atoms with Crippen LogP contribution in [0.1, 0.15) is 85.2 Å². The summed E-state index contributed by atoms with van der Waals surface area (Å²) in [6.07, 6.45) is 6.29. The molecule has 272 valence electrons. The Balaban J connectivity index is 0.000000389. The summed E-state index contributed by atoms with van der Waals surface area (Å²) in [6.45, 7) is 6.68. The second kappa shape index (κ2) is 21.7. The molecule has 0 spiro atoms. The van der Waals surface area contributed by atoms with Crippen molar-refractivity contribution in [1.29, 1.82) is 0 Å². The molecule has 0 aliphatic heterocycles. The number of para-hydroxylation sites is 1. The largest absolute Gasteiger partial charge is 0.464 e. The number of carbonyl (C=O) groups excluding carboxylic acids is 3. The van der Waals surface area contributed by atoms with Gasteiger partial charge in [-0.05, 0) is 65.1 Å². The lowest BCUT2D eigenvalue weighted by Crippen LogP contribution is -2.36. The van der Waals surface area contributed by atoms with E-state index in [1.54, 1.807) is 6.07 Å². The summed E-state index contributed by atoms with van der Waals surface area (Å²) in [5.41, 5.74) is 10.9. The summed E-state index contributed by atoms with van der Waals surface area (Å²) >= 11 is 3.53. The van der Waals surface area contributed by atoms with Gasteiger partial charge in [-0.15, -0.1) is 0 Å². The fourth-order valence-electron chi connectivity index (χ4n) is 6.07. The van der Waals surface area contributed by atoms with Crippen LogP contribution in [-0.4, -0.2) is 61.5 Å². The van der Waals surface area contributed by atoms with E-state index in [0.717, 1.165) is 28.9 Å². The van der Waals surface area contributed by atoms with Gasteiger partial charge in [0.25, 0.3) is 0 Å². The van der Waals surface area contributed by atoms with E-state index < -0.39 is 0 Å². The molecule has 5 rings (SSSR count). The number of carbonyl (C=O) groups is 3.